The van der Waals surface area contributed by atoms with Crippen molar-refractivity contribution in [3.63, 3.8) is 0 Å². The minimum absolute atomic E-state index is 0.244. The first kappa shape index (κ1) is 17.4. The average Bonchev–Trinajstić information content (AvgIpc) is 3.35. The van der Waals surface area contributed by atoms with Crippen molar-refractivity contribution in [2.45, 2.75) is 31.2 Å². The molecule has 2 aliphatic rings. The van der Waals surface area contributed by atoms with Crippen molar-refractivity contribution in [3.8, 4) is 17.0 Å². The van der Waals surface area contributed by atoms with Gasteiger partial charge in [0.2, 0.25) is 0 Å². The summed E-state index contributed by atoms with van der Waals surface area (Å²) in [5.41, 5.74) is 1.12. The van der Waals surface area contributed by atoms with Crippen molar-refractivity contribution < 1.29 is 24.2 Å². The minimum Gasteiger partial charge on any atom is -0.505 e. The number of methoxy groups -OCH3 is 2. The second kappa shape index (κ2) is 6.30. The molecule has 1 fully saturated rings. The van der Waals surface area contributed by atoms with Gasteiger partial charge in [-0.15, -0.1) is 0 Å². The van der Waals surface area contributed by atoms with Crippen LogP contribution in [0, 0.1) is 0 Å². The lowest BCUT2D eigenvalue weighted by Gasteiger charge is -2.37. The number of aliphatic hydroxyl groups excluding tert-OH is 1. The Hall–Kier alpha value is -3.02. The molecule has 1 aromatic heterocycles. The first-order chi connectivity index (χ1) is 13.0. The number of carbonyl (C=O) groups is 2. The molecule has 0 radical (unpaired) electrons. The van der Waals surface area contributed by atoms with Crippen LogP contribution < -0.4 is 4.74 Å². The zero-order valence-electron chi connectivity index (χ0n) is 15.3. The molecule has 27 heavy (non-hydrogen) atoms. The third-order valence-corrected chi connectivity index (χ3v) is 5.64. The van der Waals surface area contributed by atoms with Crippen molar-refractivity contribution in [2.75, 3.05) is 14.2 Å². The van der Waals surface area contributed by atoms with Gasteiger partial charge >= 0.3 is 5.97 Å². The number of aliphatic hydroxyl groups is 1. The Morgan fingerprint density at radius 1 is 1.04 bits per heavy atom. The summed E-state index contributed by atoms with van der Waals surface area (Å²) < 4.78 is 11.9. The molecule has 0 saturated heterocycles. The van der Waals surface area contributed by atoms with Crippen molar-refractivity contribution >= 4 is 17.5 Å². The van der Waals surface area contributed by atoms with E-state index >= 15 is 0 Å². The Morgan fingerprint density at radius 3 is 2.26 bits per heavy atom. The number of nitrogens with zero attached hydrogens (tertiary/aromatic N) is 1. The standard InChI is InChI=1S/C21H21NO5/c1-26-14-7-5-13(6-8-14)15-9-10-16-18(23)17(20(25)27-2)19(24)21(22(15)16)11-3-4-12-21/h5-10,23H,3-4,11-12H2,1-2H3. The predicted octanol–water partition coefficient (Wildman–Crippen LogP) is 3.46. The van der Waals surface area contributed by atoms with E-state index in [0.29, 0.717) is 18.5 Å². The second-order valence-corrected chi connectivity index (χ2v) is 6.95. The predicted molar refractivity (Wildman–Crippen MR) is 99.4 cm³/mol. The van der Waals surface area contributed by atoms with Crippen molar-refractivity contribution in [2.24, 2.45) is 0 Å². The Bertz CT molecular complexity index is 945. The van der Waals surface area contributed by atoms with Gasteiger partial charge < -0.3 is 19.1 Å². The summed E-state index contributed by atoms with van der Waals surface area (Å²) in [6.07, 6.45) is 3.04. The van der Waals surface area contributed by atoms with Crippen LogP contribution in [0.5, 0.6) is 5.75 Å². The zero-order valence-corrected chi connectivity index (χ0v) is 15.3. The quantitative estimate of drug-likeness (QED) is 0.664. The van der Waals surface area contributed by atoms with E-state index in [9.17, 15) is 14.7 Å². The number of benzene rings is 1. The van der Waals surface area contributed by atoms with Gasteiger partial charge in [-0.3, -0.25) is 4.79 Å². The highest BCUT2D eigenvalue weighted by atomic mass is 16.5. The maximum atomic E-state index is 13.3. The first-order valence-electron chi connectivity index (χ1n) is 8.97. The smallest absolute Gasteiger partial charge is 0.345 e. The minimum atomic E-state index is -0.857. The molecule has 0 bridgehead atoms. The SMILES string of the molecule is COC(=O)C1=C(O)c2ccc(-c3ccc(OC)cc3)n2C2(CCCC2)C1=O. The molecule has 0 amide bonds. The number of fused-ring (bicyclic) bond motifs is 2. The number of Topliss-reactive ketones (excluding diaryl/α,β-unsaturated/α-hetero) is 1. The molecule has 140 valence electrons. The molecule has 6 heteroatoms. The van der Waals surface area contributed by atoms with Gasteiger partial charge in [0.15, 0.2) is 11.5 Å². The van der Waals surface area contributed by atoms with Crippen LogP contribution >= 0.6 is 0 Å². The van der Waals surface area contributed by atoms with Crippen LogP contribution in [0.4, 0.5) is 0 Å². The van der Waals surface area contributed by atoms with Crippen LogP contribution in [-0.4, -0.2) is 35.6 Å². The molecule has 1 aliphatic heterocycles. The molecule has 2 aromatic rings. The second-order valence-electron chi connectivity index (χ2n) is 6.95. The van der Waals surface area contributed by atoms with Gasteiger partial charge in [-0.1, -0.05) is 12.8 Å². The fourth-order valence-corrected chi connectivity index (χ4v) is 4.34. The summed E-state index contributed by atoms with van der Waals surface area (Å²) in [4.78, 5) is 25.5. The topological polar surface area (TPSA) is 77.8 Å². The van der Waals surface area contributed by atoms with Gasteiger partial charge in [0.1, 0.15) is 16.9 Å². The molecule has 1 N–H and O–H groups in total. The summed E-state index contributed by atoms with van der Waals surface area (Å²) in [5.74, 6) is -0.722. The number of esters is 1. The summed E-state index contributed by atoms with van der Waals surface area (Å²) in [7, 11) is 2.82. The van der Waals surface area contributed by atoms with E-state index in [-0.39, 0.29) is 17.1 Å². The van der Waals surface area contributed by atoms with Crippen LogP contribution in [0.1, 0.15) is 31.4 Å². The number of aromatic nitrogens is 1. The molecule has 1 saturated carbocycles. The monoisotopic (exact) mass is 367 g/mol. The van der Waals surface area contributed by atoms with Crippen LogP contribution in [0.2, 0.25) is 0 Å². The van der Waals surface area contributed by atoms with E-state index in [1.807, 2.05) is 34.9 Å². The average molecular weight is 367 g/mol. The maximum Gasteiger partial charge on any atom is 0.345 e. The van der Waals surface area contributed by atoms with Crippen LogP contribution in [0.15, 0.2) is 42.0 Å². The van der Waals surface area contributed by atoms with Crippen LogP contribution in [0.25, 0.3) is 17.0 Å². The van der Waals surface area contributed by atoms with Crippen LogP contribution in [-0.2, 0) is 19.9 Å². The van der Waals surface area contributed by atoms with Gasteiger partial charge in [0, 0.05) is 5.69 Å². The van der Waals surface area contributed by atoms with Gasteiger partial charge in [-0.2, -0.15) is 0 Å². The highest BCUT2D eigenvalue weighted by molar-refractivity contribution is 6.25. The molecule has 1 aromatic carbocycles. The van der Waals surface area contributed by atoms with E-state index in [1.54, 1.807) is 13.2 Å². The van der Waals surface area contributed by atoms with E-state index < -0.39 is 11.5 Å². The number of hydrogen-bond acceptors (Lipinski definition) is 5. The lowest BCUT2D eigenvalue weighted by atomic mass is 9.82. The Kier molecular flexibility index (Phi) is 4.06. The van der Waals surface area contributed by atoms with Crippen molar-refractivity contribution in [1.82, 2.24) is 4.57 Å². The molecule has 4 rings (SSSR count). The molecule has 1 aliphatic carbocycles. The fraction of sp³-hybridized carbons (Fsp3) is 0.333. The van der Waals surface area contributed by atoms with E-state index in [4.69, 9.17) is 9.47 Å². The van der Waals surface area contributed by atoms with E-state index in [2.05, 4.69) is 0 Å². The third-order valence-electron chi connectivity index (χ3n) is 5.64. The van der Waals surface area contributed by atoms with Crippen LogP contribution in [0.3, 0.4) is 0 Å². The molecule has 2 heterocycles. The largest absolute Gasteiger partial charge is 0.505 e. The number of ketones is 1. The Labute approximate surface area is 157 Å². The fourth-order valence-electron chi connectivity index (χ4n) is 4.34. The third kappa shape index (κ3) is 2.40. The number of ether oxygens (including phenoxy) is 2. The van der Waals surface area contributed by atoms with Crippen molar-refractivity contribution in [3.05, 3.63) is 47.7 Å². The zero-order chi connectivity index (χ0) is 19.2. The molecule has 0 atom stereocenters. The maximum absolute atomic E-state index is 13.3. The summed E-state index contributed by atoms with van der Waals surface area (Å²) in [6.45, 7) is 0. The van der Waals surface area contributed by atoms with Gasteiger partial charge in [0.05, 0.1) is 19.9 Å². The van der Waals surface area contributed by atoms with Crippen molar-refractivity contribution in [1.29, 1.82) is 0 Å². The first-order valence-corrected chi connectivity index (χ1v) is 8.97. The summed E-state index contributed by atoms with van der Waals surface area (Å²) >= 11 is 0. The van der Waals surface area contributed by atoms with Gasteiger partial charge in [0.25, 0.3) is 0 Å². The highest BCUT2D eigenvalue weighted by Crippen LogP contribution is 2.48. The summed E-state index contributed by atoms with van der Waals surface area (Å²) in [6, 6.07) is 11.2. The van der Waals surface area contributed by atoms with E-state index in [1.165, 1.54) is 7.11 Å². The van der Waals surface area contributed by atoms with E-state index in [0.717, 1.165) is 29.8 Å². The lowest BCUT2D eigenvalue weighted by molar-refractivity contribution is -0.139. The highest BCUT2D eigenvalue weighted by Gasteiger charge is 2.52. The summed E-state index contributed by atoms with van der Waals surface area (Å²) in [5, 5.41) is 10.7. The molecule has 0 unspecified atom stereocenters. The molecular weight excluding hydrogens is 346 g/mol. The van der Waals surface area contributed by atoms with Gasteiger partial charge in [-0.25, -0.2) is 4.79 Å². The molecular formula is C21H21NO5. The number of rotatable bonds is 3. The Balaban J connectivity index is 1.95. The molecule has 1 spiro atoms. The number of carbonyl (C=O) groups excluding carboxylic acids is 2. The normalized spacial score (nSPS) is 17.9. The lowest BCUT2D eigenvalue weighted by Crippen LogP contribution is -2.46. The van der Waals surface area contributed by atoms with Gasteiger partial charge in [-0.05, 0) is 54.8 Å². The molecule has 6 nitrogen and oxygen atoms in total. The number of hydrogen-bond donors (Lipinski definition) is 1. The Morgan fingerprint density at radius 2 is 1.67 bits per heavy atom.